The first kappa shape index (κ1) is 32.3. The van der Waals surface area contributed by atoms with Crippen LogP contribution in [0.2, 0.25) is 0 Å². The quantitative estimate of drug-likeness (QED) is 0.162. The number of hydrogen-bond donors (Lipinski definition) is 0. The molecule has 8 aromatic carbocycles. The van der Waals surface area contributed by atoms with E-state index in [4.69, 9.17) is 0 Å². The first-order valence-corrected chi connectivity index (χ1v) is 19.6. The third kappa shape index (κ3) is 5.41. The van der Waals surface area contributed by atoms with Crippen LogP contribution < -0.4 is 0 Å². The van der Waals surface area contributed by atoms with E-state index in [0.29, 0.717) is 0 Å². The van der Waals surface area contributed by atoms with Crippen molar-refractivity contribution in [1.29, 1.82) is 0 Å². The number of benzene rings is 8. The molecule has 0 saturated heterocycles. The maximum atomic E-state index is 2.53. The van der Waals surface area contributed by atoms with Gasteiger partial charge in [0.15, 0.2) is 0 Å². The van der Waals surface area contributed by atoms with Gasteiger partial charge >= 0.3 is 0 Å². The zero-order valence-corrected chi connectivity index (χ0v) is 30.9. The van der Waals surface area contributed by atoms with Gasteiger partial charge in [0, 0.05) is 38.8 Å². The highest BCUT2D eigenvalue weighted by atomic mass is 15.0. The Balaban J connectivity index is 1.06. The van der Waals surface area contributed by atoms with Gasteiger partial charge < -0.3 is 9.13 Å². The molecule has 0 aliphatic heterocycles. The van der Waals surface area contributed by atoms with Crippen molar-refractivity contribution in [2.45, 2.75) is 12.8 Å². The summed E-state index contributed by atoms with van der Waals surface area (Å²) in [5.74, 6) is 0. The molecule has 1 aliphatic carbocycles. The lowest BCUT2D eigenvalue weighted by Crippen LogP contribution is -2.03. The minimum Gasteiger partial charge on any atom is -0.313 e. The number of allylic oxidation sites excluding steroid dienone is 1. The van der Waals surface area contributed by atoms with E-state index in [1.165, 1.54) is 99.8 Å². The summed E-state index contributed by atoms with van der Waals surface area (Å²) in [6.45, 7) is 0. The Labute approximate surface area is 326 Å². The second-order valence-electron chi connectivity index (χ2n) is 14.9. The molecule has 56 heavy (non-hydrogen) atoms. The molecule has 0 saturated carbocycles. The molecule has 0 bridgehead atoms. The molecule has 11 rings (SSSR count). The summed E-state index contributed by atoms with van der Waals surface area (Å²) < 4.78 is 4.94. The molecule has 10 aromatic rings. The van der Waals surface area contributed by atoms with Crippen LogP contribution in [0.15, 0.2) is 200 Å². The lowest BCUT2D eigenvalue weighted by Gasteiger charge is -2.17. The number of aromatic nitrogens is 2. The third-order valence-electron chi connectivity index (χ3n) is 11.5. The van der Waals surface area contributed by atoms with Gasteiger partial charge in [-0.15, -0.1) is 0 Å². The number of hydrogen-bond acceptors (Lipinski definition) is 0. The predicted octanol–water partition coefficient (Wildman–Crippen LogP) is 14.4. The Kier molecular flexibility index (Phi) is 7.67. The van der Waals surface area contributed by atoms with Gasteiger partial charge in [-0.1, -0.05) is 146 Å². The van der Waals surface area contributed by atoms with Gasteiger partial charge in [0.05, 0.1) is 16.6 Å². The minimum absolute atomic E-state index is 1.00. The molecule has 2 heteroatoms. The molecule has 0 spiro atoms. The Morgan fingerprint density at radius 1 is 0.321 bits per heavy atom. The second-order valence-corrected chi connectivity index (χ2v) is 14.9. The highest BCUT2D eigenvalue weighted by Gasteiger charge is 2.21. The van der Waals surface area contributed by atoms with Crippen LogP contribution in [0.3, 0.4) is 0 Å². The lowest BCUT2D eigenvalue weighted by molar-refractivity contribution is 0.889. The van der Waals surface area contributed by atoms with E-state index in [1.54, 1.807) is 0 Å². The van der Waals surface area contributed by atoms with Crippen LogP contribution >= 0.6 is 0 Å². The van der Waals surface area contributed by atoms with Crippen LogP contribution in [-0.4, -0.2) is 9.13 Å². The van der Waals surface area contributed by atoms with E-state index in [2.05, 4.69) is 215 Å². The first-order valence-electron chi connectivity index (χ1n) is 19.6. The van der Waals surface area contributed by atoms with E-state index >= 15 is 0 Å². The highest BCUT2D eigenvalue weighted by Crippen LogP contribution is 2.41. The van der Waals surface area contributed by atoms with Gasteiger partial charge in [-0.2, -0.15) is 0 Å². The highest BCUT2D eigenvalue weighted by molar-refractivity contribution is 6.11. The number of rotatable bonds is 6. The van der Waals surface area contributed by atoms with Crippen LogP contribution in [0.4, 0.5) is 0 Å². The summed E-state index contributed by atoms with van der Waals surface area (Å²) >= 11 is 0. The van der Waals surface area contributed by atoms with Gasteiger partial charge in [-0.3, -0.25) is 0 Å². The third-order valence-corrected chi connectivity index (χ3v) is 11.5. The van der Waals surface area contributed by atoms with Crippen molar-refractivity contribution in [2.75, 3.05) is 0 Å². The molecular formula is C54H38N2. The molecule has 0 atom stereocenters. The first-order chi connectivity index (χ1) is 27.8. The van der Waals surface area contributed by atoms with E-state index in [9.17, 15) is 0 Å². The van der Waals surface area contributed by atoms with Gasteiger partial charge in [0.2, 0.25) is 0 Å². The lowest BCUT2D eigenvalue weighted by atomic mass is 9.97. The van der Waals surface area contributed by atoms with Crippen molar-refractivity contribution >= 4 is 38.8 Å². The molecule has 0 amide bonds. The van der Waals surface area contributed by atoms with E-state index in [0.717, 1.165) is 12.8 Å². The normalized spacial score (nSPS) is 12.4. The fourth-order valence-electron chi connectivity index (χ4n) is 8.92. The molecule has 0 fully saturated rings. The minimum atomic E-state index is 1.00. The fourth-order valence-corrected chi connectivity index (χ4v) is 8.92. The standard InChI is InChI=1S/C54H38N2/c1-4-15-37(16-5-1)40-21-14-22-45(32-40)55-51-25-12-10-23-47(51)49-35-41(27-29-53(49)55)42-28-30-54-50(36-42)48-24-11-13-26-52(48)56(54)46-33-43(38-17-6-2-7-18-38)31-44(34-46)39-19-8-3-9-20-39/h1-12,14-25,27-36H,13,26H2. The molecule has 2 nitrogen and oxygen atoms in total. The zero-order valence-electron chi connectivity index (χ0n) is 30.9. The Morgan fingerprint density at radius 3 is 1.52 bits per heavy atom. The Bertz CT molecular complexity index is 3050. The zero-order chi connectivity index (χ0) is 37.0. The number of para-hydroxylation sites is 1. The molecular weight excluding hydrogens is 677 g/mol. The molecule has 2 aromatic heterocycles. The topological polar surface area (TPSA) is 9.86 Å². The Hall–Kier alpha value is -7.16. The maximum absolute atomic E-state index is 2.53. The van der Waals surface area contributed by atoms with Crippen LogP contribution in [0.25, 0.3) is 94.7 Å². The Morgan fingerprint density at radius 2 is 0.839 bits per heavy atom. The summed E-state index contributed by atoms with van der Waals surface area (Å²) in [5.41, 5.74) is 18.5. The van der Waals surface area contributed by atoms with Crippen molar-refractivity contribution in [1.82, 2.24) is 9.13 Å². The van der Waals surface area contributed by atoms with Crippen molar-refractivity contribution < 1.29 is 0 Å². The van der Waals surface area contributed by atoms with Gasteiger partial charge in [-0.05, 0) is 118 Å². The summed E-state index contributed by atoms with van der Waals surface area (Å²) in [4.78, 5) is 0. The van der Waals surface area contributed by atoms with E-state index in [-0.39, 0.29) is 0 Å². The maximum Gasteiger partial charge on any atom is 0.0541 e. The van der Waals surface area contributed by atoms with Crippen LogP contribution in [0.5, 0.6) is 0 Å². The summed E-state index contributed by atoms with van der Waals surface area (Å²) in [5, 5.41) is 3.81. The second kappa shape index (κ2) is 13.3. The summed E-state index contributed by atoms with van der Waals surface area (Å²) in [6, 6.07) is 71.0. The van der Waals surface area contributed by atoms with Crippen molar-refractivity contribution in [3.8, 4) is 55.9 Å². The molecule has 0 radical (unpaired) electrons. The van der Waals surface area contributed by atoms with Crippen molar-refractivity contribution in [2.24, 2.45) is 0 Å². The largest absolute Gasteiger partial charge is 0.313 e. The van der Waals surface area contributed by atoms with Gasteiger partial charge in [-0.25, -0.2) is 0 Å². The van der Waals surface area contributed by atoms with Crippen LogP contribution in [-0.2, 0) is 6.42 Å². The van der Waals surface area contributed by atoms with Crippen LogP contribution in [0, 0.1) is 0 Å². The average molecular weight is 715 g/mol. The average Bonchev–Trinajstić information content (AvgIpc) is 3.79. The summed E-state index contributed by atoms with van der Waals surface area (Å²) in [6.07, 6.45) is 6.72. The molecule has 0 N–H and O–H groups in total. The van der Waals surface area contributed by atoms with Crippen molar-refractivity contribution in [3.63, 3.8) is 0 Å². The number of nitrogens with zero attached hydrogens (tertiary/aromatic N) is 2. The van der Waals surface area contributed by atoms with E-state index in [1.807, 2.05) is 0 Å². The smallest absolute Gasteiger partial charge is 0.0541 e. The van der Waals surface area contributed by atoms with Crippen molar-refractivity contribution in [3.05, 3.63) is 211 Å². The fraction of sp³-hybridized carbons (Fsp3) is 0.0370. The molecule has 0 unspecified atom stereocenters. The van der Waals surface area contributed by atoms with Crippen LogP contribution in [0.1, 0.15) is 17.7 Å². The molecule has 1 aliphatic rings. The predicted molar refractivity (Wildman–Crippen MR) is 237 cm³/mol. The monoisotopic (exact) mass is 714 g/mol. The van der Waals surface area contributed by atoms with E-state index < -0.39 is 0 Å². The number of fused-ring (bicyclic) bond motifs is 6. The van der Waals surface area contributed by atoms with Gasteiger partial charge in [0.25, 0.3) is 0 Å². The summed E-state index contributed by atoms with van der Waals surface area (Å²) in [7, 11) is 0. The molecule has 2 heterocycles. The SMILES string of the molecule is C1=Cc2c(n(-c3cc(-c4ccccc4)cc(-c4ccccc4)c3)c3ccc(-c4ccc5c(c4)c4ccccc4n5-c4cccc(-c5ccccc5)c4)cc23)CC1. The molecule has 264 valence electrons. The van der Waals surface area contributed by atoms with Gasteiger partial charge in [0.1, 0.15) is 0 Å².